The normalized spacial score (nSPS) is 16.3. The number of hydroxylamine groups is 1. The molecule has 0 heterocycles. The van der Waals surface area contributed by atoms with Crippen molar-refractivity contribution >= 4 is 18.0 Å². The highest BCUT2D eigenvalue weighted by atomic mass is 16.7. The number of fused-ring (bicyclic) bond motifs is 3. The first-order chi connectivity index (χ1) is 16.0. The molecule has 174 valence electrons. The van der Waals surface area contributed by atoms with Crippen LogP contribution < -0.4 is 10.8 Å². The van der Waals surface area contributed by atoms with E-state index in [9.17, 15) is 14.4 Å². The molecule has 0 aliphatic heterocycles. The molecule has 33 heavy (non-hydrogen) atoms. The topological polar surface area (TPSA) is 114 Å². The predicted octanol–water partition coefficient (Wildman–Crippen LogP) is 3.60. The molecule has 3 N–H and O–H groups in total. The predicted molar refractivity (Wildman–Crippen MR) is 120 cm³/mol. The molecule has 1 fully saturated rings. The Hall–Kier alpha value is -3.39. The minimum Gasteiger partial charge on any atom is -0.479 e. The van der Waals surface area contributed by atoms with E-state index >= 15 is 0 Å². The molecule has 2 aliphatic carbocycles. The summed E-state index contributed by atoms with van der Waals surface area (Å²) in [7, 11) is 0. The molecule has 8 nitrogen and oxygen atoms in total. The van der Waals surface area contributed by atoms with Gasteiger partial charge in [-0.2, -0.15) is 0 Å². The average molecular weight is 453 g/mol. The van der Waals surface area contributed by atoms with Crippen molar-refractivity contribution in [3.05, 3.63) is 59.7 Å². The summed E-state index contributed by atoms with van der Waals surface area (Å²) in [5.74, 6) is -1.70. The van der Waals surface area contributed by atoms with Crippen LogP contribution in [0.5, 0.6) is 0 Å². The molecule has 0 bridgehead atoms. The van der Waals surface area contributed by atoms with Crippen LogP contribution in [0.1, 0.15) is 49.7 Å². The van der Waals surface area contributed by atoms with Gasteiger partial charge in [0.05, 0.1) is 0 Å². The third-order valence-corrected chi connectivity index (χ3v) is 6.18. The maximum absolute atomic E-state index is 12.5. The zero-order valence-corrected chi connectivity index (χ0v) is 18.5. The summed E-state index contributed by atoms with van der Waals surface area (Å²) < 4.78 is 5.53. The lowest BCUT2D eigenvalue weighted by Gasteiger charge is -2.19. The van der Waals surface area contributed by atoms with Gasteiger partial charge in [0.1, 0.15) is 6.61 Å². The average Bonchev–Trinajstić information content (AvgIpc) is 3.59. The van der Waals surface area contributed by atoms with E-state index in [1.165, 1.54) is 0 Å². The number of hydrogen-bond acceptors (Lipinski definition) is 5. The van der Waals surface area contributed by atoms with Crippen LogP contribution >= 0.6 is 0 Å². The van der Waals surface area contributed by atoms with E-state index in [1.54, 1.807) is 0 Å². The van der Waals surface area contributed by atoms with E-state index in [-0.39, 0.29) is 24.9 Å². The van der Waals surface area contributed by atoms with E-state index < -0.39 is 30.1 Å². The van der Waals surface area contributed by atoms with E-state index in [0.717, 1.165) is 35.1 Å². The molecular formula is C25H28N2O6. The number of aliphatic carboxylic acids is 1. The lowest BCUT2D eigenvalue weighted by Crippen LogP contribution is -2.41. The summed E-state index contributed by atoms with van der Waals surface area (Å²) in [6.07, 6.45) is 0.366. The molecule has 1 saturated carbocycles. The van der Waals surface area contributed by atoms with Gasteiger partial charge in [-0.1, -0.05) is 55.5 Å². The summed E-state index contributed by atoms with van der Waals surface area (Å²) >= 11 is 0. The number of alkyl carbamates (subject to hydrolysis) is 1. The number of amides is 2. The third-order valence-electron chi connectivity index (χ3n) is 6.18. The summed E-state index contributed by atoms with van der Waals surface area (Å²) in [5, 5.41) is 11.9. The summed E-state index contributed by atoms with van der Waals surface area (Å²) in [6, 6.07) is 15.7. The lowest BCUT2D eigenvalue weighted by molar-refractivity contribution is -0.162. The number of rotatable bonds is 10. The smallest absolute Gasteiger partial charge is 0.407 e. The second-order valence-corrected chi connectivity index (χ2v) is 8.52. The standard InChI is InChI=1S/C25H28N2O6/c1-2-16(13-22(28)27-33-23(24(29)30)15-11-12-15)26-25(31)32-14-21-19-9-5-3-7-17(19)18-8-4-6-10-20(18)21/h3-10,15-16,21,23H,2,11-14H2,1H3,(H,26,31)(H,27,28)(H,29,30). The number of carboxylic acids is 1. The van der Waals surface area contributed by atoms with Crippen molar-refractivity contribution in [2.24, 2.45) is 5.92 Å². The van der Waals surface area contributed by atoms with Gasteiger partial charge in [-0.05, 0) is 47.4 Å². The Labute approximate surface area is 192 Å². The van der Waals surface area contributed by atoms with Gasteiger partial charge in [0.25, 0.3) is 0 Å². The van der Waals surface area contributed by atoms with Crippen LogP contribution in [-0.2, 0) is 19.2 Å². The first kappa shape index (κ1) is 22.8. The van der Waals surface area contributed by atoms with Crippen LogP contribution in [0.15, 0.2) is 48.5 Å². The SMILES string of the molecule is CCC(CC(=O)NOC(C(=O)O)C1CC1)NC(=O)OCC1c2ccccc2-c2ccccc21. The highest BCUT2D eigenvalue weighted by molar-refractivity contribution is 5.79. The Kier molecular flexibility index (Phi) is 6.93. The van der Waals surface area contributed by atoms with E-state index in [0.29, 0.717) is 6.42 Å². The lowest BCUT2D eigenvalue weighted by atomic mass is 9.98. The number of hydrogen-bond donors (Lipinski definition) is 3. The van der Waals surface area contributed by atoms with Crippen molar-refractivity contribution in [1.29, 1.82) is 0 Å². The molecule has 0 spiro atoms. The molecule has 2 amide bonds. The highest BCUT2D eigenvalue weighted by Gasteiger charge is 2.38. The van der Waals surface area contributed by atoms with Crippen molar-refractivity contribution in [3.63, 3.8) is 0 Å². The second-order valence-electron chi connectivity index (χ2n) is 8.52. The molecule has 2 aromatic rings. The van der Waals surface area contributed by atoms with Crippen molar-refractivity contribution in [2.45, 2.75) is 50.7 Å². The Morgan fingerprint density at radius 2 is 1.64 bits per heavy atom. The van der Waals surface area contributed by atoms with Crippen LogP contribution in [0.4, 0.5) is 4.79 Å². The molecule has 0 aromatic heterocycles. The molecule has 0 saturated heterocycles. The van der Waals surface area contributed by atoms with Crippen LogP contribution in [0.25, 0.3) is 11.1 Å². The second kappa shape index (κ2) is 10.0. The quantitative estimate of drug-likeness (QED) is 0.475. The van der Waals surface area contributed by atoms with Crippen molar-refractivity contribution < 1.29 is 29.1 Å². The van der Waals surface area contributed by atoms with Gasteiger partial charge < -0.3 is 15.2 Å². The minimum atomic E-state index is -1.10. The van der Waals surface area contributed by atoms with Gasteiger partial charge >= 0.3 is 12.1 Å². The Morgan fingerprint density at radius 3 is 2.18 bits per heavy atom. The zero-order valence-electron chi connectivity index (χ0n) is 18.5. The Morgan fingerprint density at radius 1 is 1.03 bits per heavy atom. The van der Waals surface area contributed by atoms with Gasteiger partial charge in [0.15, 0.2) is 6.10 Å². The number of carbonyl (C=O) groups is 3. The number of ether oxygens (including phenoxy) is 1. The van der Waals surface area contributed by atoms with Crippen LogP contribution in [0, 0.1) is 5.92 Å². The van der Waals surface area contributed by atoms with Gasteiger partial charge in [0, 0.05) is 18.4 Å². The Balaban J connectivity index is 1.28. The fourth-order valence-electron chi connectivity index (χ4n) is 4.25. The molecule has 0 radical (unpaired) electrons. The first-order valence-corrected chi connectivity index (χ1v) is 11.3. The molecule has 4 rings (SSSR count). The van der Waals surface area contributed by atoms with Gasteiger partial charge in [-0.15, -0.1) is 0 Å². The molecule has 2 aliphatic rings. The number of benzene rings is 2. The van der Waals surface area contributed by atoms with E-state index in [4.69, 9.17) is 14.7 Å². The Bertz CT molecular complexity index is 990. The number of nitrogens with one attached hydrogen (secondary N) is 2. The van der Waals surface area contributed by atoms with Gasteiger partial charge in [0.2, 0.25) is 5.91 Å². The van der Waals surface area contributed by atoms with Gasteiger partial charge in [-0.25, -0.2) is 15.1 Å². The summed E-state index contributed by atoms with van der Waals surface area (Å²) in [6.45, 7) is 2.03. The van der Waals surface area contributed by atoms with Crippen LogP contribution in [-0.4, -0.2) is 41.8 Å². The van der Waals surface area contributed by atoms with Crippen molar-refractivity contribution in [3.8, 4) is 11.1 Å². The summed E-state index contributed by atoms with van der Waals surface area (Å²) in [4.78, 5) is 40.9. The summed E-state index contributed by atoms with van der Waals surface area (Å²) in [5.41, 5.74) is 6.76. The molecule has 2 atom stereocenters. The number of carboxylic acid groups (broad SMARTS) is 1. The minimum absolute atomic E-state index is 0.0439. The van der Waals surface area contributed by atoms with Crippen molar-refractivity contribution in [2.75, 3.05) is 6.61 Å². The third kappa shape index (κ3) is 5.34. The van der Waals surface area contributed by atoms with Gasteiger partial charge in [-0.3, -0.25) is 9.63 Å². The first-order valence-electron chi connectivity index (χ1n) is 11.3. The molecule has 8 heteroatoms. The van der Waals surface area contributed by atoms with Crippen LogP contribution in [0.2, 0.25) is 0 Å². The molecular weight excluding hydrogens is 424 g/mol. The van der Waals surface area contributed by atoms with Crippen LogP contribution in [0.3, 0.4) is 0 Å². The fourth-order valence-corrected chi connectivity index (χ4v) is 4.25. The zero-order chi connectivity index (χ0) is 23.4. The highest BCUT2D eigenvalue weighted by Crippen LogP contribution is 2.44. The van der Waals surface area contributed by atoms with E-state index in [1.807, 2.05) is 43.3 Å². The maximum Gasteiger partial charge on any atom is 0.407 e. The monoisotopic (exact) mass is 452 g/mol. The molecule has 2 unspecified atom stereocenters. The fraction of sp³-hybridized carbons (Fsp3) is 0.400. The molecule has 2 aromatic carbocycles. The number of carbonyl (C=O) groups excluding carboxylic acids is 2. The van der Waals surface area contributed by atoms with E-state index in [2.05, 4.69) is 22.9 Å². The van der Waals surface area contributed by atoms with Crippen molar-refractivity contribution in [1.82, 2.24) is 10.8 Å². The largest absolute Gasteiger partial charge is 0.479 e. The maximum atomic E-state index is 12.5.